The van der Waals surface area contributed by atoms with E-state index >= 15 is 0 Å². The van der Waals surface area contributed by atoms with Crippen molar-refractivity contribution in [1.29, 1.82) is 0 Å². The van der Waals surface area contributed by atoms with Crippen molar-refractivity contribution in [2.45, 2.75) is 26.4 Å². The van der Waals surface area contributed by atoms with Gasteiger partial charge in [-0.3, -0.25) is 14.2 Å². The van der Waals surface area contributed by atoms with Crippen molar-refractivity contribution in [3.8, 4) is 5.75 Å². The second-order valence-corrected chi connectivity index (χ2v) is 6.80. The Labute approximate surface area is 171 Å². The molecular formula is C21H21N5O4. The summed E-state index contributed by atoms with van der Waals surface area (Å²) >= 11 is 0. The van der Waals surface area contributed by atoms with Crippen molar-refractivity contribution < 1.29 is 9.53 Å². The summed E-state index contributed by atoms with van der Waals surface area (Å²) in [4.78, 5) is 38.5. The minimum atomic E-state index is -0.485. The van der Waals surface area contributed by atoms with Crippen molar-refractivity contribution in [1.82, 2.24) is 18.7 Å². The van der Waals surface area contributed by atoms with E-state index in [0.717, 1.165) is 4.68 Å². The number of amides is 1. The largest absolute Gasteiger partial charge is 0.495 e. The third-order valence-electron chi connectivity index (χ3n) is 4.81. The van der Waals surface area contributed by atoms with E-state index in [0.29, 0.717) is 35.3 Å². The molecule has 9 nitrogen and oxygen atoms in total. The fourth-order valence-electron chi connectivity index (χ4n) is 3.47. The second kappa shape index (κ2) is 7.86. The monoisotopic (exact) mass is 407 g/mol. The summed E-state index contributed by atoms with van der Waals surface area (Å²) in [5, 5.41) is 7.46. The molecule has 2 aromatic carbocycles. The highest BCUT2D eigenvalue weighted by Crippen LogP contribution is 2.22. The summed E-state index contributed by atoms with van der Waals surface area (Å²) < 4.78 is 9.15. The van der Waals surface area contributed by atoms with Gasteiger partial charge in [0.1, 0.15) is 12.3 Å². The number of hydrogen-bond acceptors (Lipinski definition) is 5. The first-order chi connectivity index (χ1) is 14.5. The summed E-state index contributed by atoms with van der Waals surface area (Å²) in [6.07, 6.45) is 0.698. The van der Waals surface area contributed by atoms with Crippen LogP contribution in [0.25, 0.3) is 16.7 Å². The van der Waals surface area contributed by atoms with Crippen LogP contribution in [0.4, 0.5) is 5.69 Å². The number of hydrogen-bond donors (Lipinski definition) is 1. The second-order valence-electron chi connectivity index (χ2n) is 6.80. The Morgan fingerprint density at radius 3 is 2.60 bits per heavy atom. The van der Waals surface area contributed by atoms with Gasteiger partial charge < -0.3 is 10.1 Å². The number of ether oxygens (including phenoxy) is 1. The third kappa shape index (κ3) is 3.24. The lowest BCUT2D eigenvalue weighted by atomic mass is 10.2. The number of carbonyl (C=O) groups excluding carboxylic acids is 1. The maximum Gasteiger partial charge on any atom is 0.352 e. The van der Waals surface area contributed by atoms with E-state index in [1.165, 1.54) is 16.1 Å². The first kappa shape index (κ1) is 19.4. The van der Waals surface area contributed by atoms with Gasteiger partial charge in [0, 0.05) is 6.54 Å². The summed E-state index contributed by atoms with van der Waals surface area (Å²) in [6, 6.07) is 13.9. The van der Waals surface area contributed by atoms with Crippen molar-refractivity contribution in [3.63, 3.8) is 0 Å². The molecule has 2 heterocycles. The fourth-order valence-corrected chi connectivity index (χ4v) is 3.47. The van der Waals surface area contributed by atoms with Gasteiger partial charge in [-0.25, -0.2) is 13.9 Å². The SMILES string of the molecule is CCCn1c(=O)c2ccccc2n2c(=O)n(CC(=O)Nc3ccccc3OC)nc12. The van der Waals surface area contributed by atoms with Crippen LogP contribution in [0.5, 0.6) is 5.75 Å². The van der Waals surface area contributed by atoms with E-state index in [9.17, 15) is 14.4 Å². The summed E-state index contributed by atoms with van der Waals surface area (Å²) in [6.45, 7) is 2.05. The van der Waals surface area contributed by atoms with Crippen LogP contribution in [-0.4, -0.2) is 31.8 Å². The molecule has 4 aromatic rings. The van der Waals surface area contributed by atoms with Crippen LogP contribution < -0.4 is 21.3 Å². The standard InChI is InChI=1S/C21H21N5O4/c1-3-12-24-19(28)14-8-4-6-10-16(14)26-20(24)23-25(21(26)29)13-18(27)22-15-9-5-7-11-17(15)30-2/h4-11H,3,12-13H2,1-2H3,(H,22,27). The quantitative estimate of drug-likeness (QED) is 0.526. The topological polar surface area (TPSA) is 99.6 Å². The first-order valence-electron chi connectivity index (χ1n) is 9.59. The fraction of sp³-hybridized carbons (Fsp3) is 0.238. The smallest absolute Gasteiger partial charge is 0.352 e. The van der Waals surface area contributed by atoms with Gasteiger partial charge >= 0.3 is 5.69 Å². The van der Waals surface area contributed by atoms with Crippen molar-refractivity contribution in [3.05, 3.63) is 69.4 Å². The molecule has 0 bridgehead atoms. The van der Waals surface area contributed by atoms with E-state index in [-0.39, 0.29) is 17.9 Å². The number of nitrogens with one attached hydrogen (secondary N) is 1. The van der Waals surface area contributed by atoms with Gasteiger partial charge in [-0.1, -0.05) is 31.2 Å². The highest BCUT2D eigenvalue weighted by atomic mass is 16.5. The van der Waals surface area contributed by atoms with E-state index in [2.05, 4.69) is 10.4 Å². The number of nitrogens with zero attached hydrogens (tertiary/aromatic N) is 4. The molecule has 0 saturated heterocycles. The highest BCUT2D eigenvalue weighted by molar-refractivity contribution is 5.92. The number of benzene rings is 2. The highest BCUT2D eigenvalue weighted by Gasteiger charge is 2.18. The average Bonchev–Trinajstić information content (AvgIpc) is 3.07. The third-order valence-corrected chi connectivity index (χ3v) is 4.81. The molecule has 0 radical (unpaired) electrons. The van der Waals surface area contributed by atoms with Crippen LogP contribution >= 0.6 is 0 Å². The van der Waals surface area contributed by atoms with Crippen LogP contribution in [0, 0.1) is 0 Å². The van der Waals surface area contributed by atoms with Gasteiger partial charge in [0.25, 0.3) is 5.56 Å². The zero-order chi connectivity index (χ0) is 21.3. The predicted octanol–water partition coefficient (Wildman–Crippen LogP) is 1.87. The molecular weight excluding hydrogens is 386 g/mol. The minimum absolute atomic E-state index is 0.212. The Hall–Kier alpha value is -3.88. The Balaban J connectivity index is 1.79. The van der Waals surface area contributed by atoms with E-state index in [1.807, 2.05) is 6.92 Å². The lowest BCUT2D eigenvalue weighted by Gasteiger charge is -2.09. The van der Waals surface area contributed by atoms with Crippen LogP contribution in [0.15, 0.2) is 58.1 Å². The maximum atomic E-state index is 13.1. The van der Waals surface area contributed by atoms with Crippen molar-refractivity contribution in [2.75, 3.05) is 12.4 Å². The first-order valence-corrected chi connectivity index (χ1v) is 9.59. The number of rotatable bonds is 6. The Kier molecular flexibility index (Phi) is 5.09. The number of anilines is 1. The molecule has 0 atom stereocenters. The van der Waals surface area contributed by atoms with Crippen molar-refractivity contribution in [2.24, 2.45) is 0 Å². The van der Waals surface area contributed by atoms with Crippen LogP contribution in [-0.2, 0) is 17.9 Å². The summed E-state index contributed by atoms with van der Waals surface area (Å²) in [5.74, 6) is 0.297. The Morgan fingerprint density at radius 1 is 1.10 bits per heavy atom. The molecule has 9 heteroatoms. The molecule has 0 spiro atoms. The van der Waals surface area contributed by atoms with Crippen LogP contribution in [0.1, 0.15) is 13.3 Å². The molecule has 0 saturated carbocycles. The molecule has 4 rings (SSSR count). The van der Waals surface area contributed by atoms with Gasteiger partial charge in [-0.15, -0.1) is 5.10 Å². The van der Waals surface area contributed by atoms with Crippen LogP contribution in [0.3, 0.4) is 0 Å². The maximum absolute atomic E-state index is 13.1. The molecule has 0 aliphatic heterocycles. The number of para-hydroxylation sites is 3. The molecule has 0 unspecified atom stereocenters. The van der Waals surface area contributed by atoms with Crippen LogP contribution in [0.2, 0.25) is 0 Å². The number of methoxy groups -OCH3 is 1. The van der Waals surface area contributed by atoms with Crippen molar-refractivity contribution >= 4 is 28.3 Å². The van der Waals surface area contributed by atoms with Gasteiger partial charge in [-0.2, -0.15) is 0 Å². The molecule has 0 aliphatic carbocycles. The van der Waals surface area contributed by atoms with E-state index in [1.54, 1.807) is 48.5 Å². The van der Waals surface area contributed by atoms with Gasteiger partial charge in [0.15, 0.2) is 0 Å². The normalized spacial score (nSPS) is 11.1. The zero-order valence-corrected chi connectivity index (χ0v) is 16.7. The number of aryl methyl sites for hydroxylation is 1. The van der Waals surface area contributed by atoms with Gasteiger partial charge in [-0.05, 0) is 30.7 Å². The Morgan fingerprint density at radius 2 is 1.83 bits per heavy atom. The van der Waals surface area contributed by atoms with E-state index < -0.39 is 11.6 Å². The number of aromatic nitrogens is 4. The lowest BCUT2D eigenvalue weighted by Crippen LogP contribution is -2.29. The van der Waals surface area contributed by atoms with Gasteiger partial charge in [0.05, 0.1) is 23.7 Å². The number of carbonyl (C=O) groups is 1. The molecule has 0 aliphatic rings. The molecule has 30 heavy (non-hydrogen) atoms. The Bertz CT molecular complexity index is 1370. The zero-order valence-electron chi connectivity index (χ0n) is 16.7. The molecule has 2 aromatic heterocycles. The lowest BCUT2D eigenvalue weighted by molar-refractivity contribution is -0.117. The van der Waals surface area contributed by atoms with E-state index in [4.69, 9.17) is 4.74 Å². The molecule has 1 N–H and O–H groups in total. The molecule has 1 amide bonds. The minimum Gasteiger partial charge on any atom is -0.495 e. The van der Waals surface area contributed by atoms with Gasteiger partial charge in [0.2, 0.25) is 11.7 Å². The summed E-state index contributed by atoms with van der Waals surface area (Å²) in [5.41, 5.74) is 0.262. The molecule has 0 fully saturated rings. The number of fused-ring (bicyclic) bond motifs is 3. The predicted molar refractivity (Wildman–Crippen MR) is 113 cm³/mol. The molecule has 154 valence electrons. The summed E-state index contributed by atoms with van der Waals surface area (Å²) in [7, 11) is 1.51. The average molecular weight is 407 g/mol.